The number of hydrogen-bond acceptors (Lipinski definition) is 2. The van der Waals surface area contributed by atoms with Crippen LogP contribution in [0.5, 0.6) is 0 Å². The van der Waals surface area contributed by atoms with Gasteiger partial charge in [0.1, 0.15) is 0 Å². The highest BCUT2D eigenvalue weighted by atomic mass is 16.5. The lowest BCUT2D eigenvalue weighted by molar-refractivity contribution is 0.0798. The smallest absolute Gasteiger partial charge is 0.409 e. The molecule has 1 spiro atoms. The molecule has 0 radical (unpaired) electrons. The van der Waals surface area contributed by atoms with E-state index in [9.17, 15) is 4.79 Å². The molecule has 1 aliphatic carbocycles. The predicted molar refractivity (Wildman–Crippen MR) is 54.1 cm³/mol. The van der Waals surface area contributed by atoms with Crippen molar-refractivity contribution in [3.05, 3.63) is 0 Å². The van der Waals surface area contributed by atoms with Crippen molar-refractivity contribution < 1.29 is 9.53 Å². The topological polar surface area (TPSA) is 29.5 Å². The van der Waals surface area contributed by atoms with E-state index >= 15 is 0 Å². The number of carbonyl (C=O) groups is 1. The van der Waals surface area contributed by atoms with E-state index in [1.165, 1.54) is 45.6 Å². The highest BCUT2D eigenvalue weighted by molar-refractivity contribution is 5.67. The van der Waals surface area contributed by atoms with Gasteiger partial charge in [0.25, 0.3) is 0 Å². The normalized spacial score (nSPS) is 25.4. The lowest BCUT2D eigenvalue weighted by atomic mass is 9.77. The van der Waals surface area contributed by atoms with E-state index in [1.54, 1.807) is 0 Å². The minimum atomic E-state index is -0.155. The Labute approximate surface area is 85.4 Å². The monoisotopic (exact) mass is 197 g/mol. The number of hydrogen-bond donors (Lipinski definition) is 0. The van der Waals surface area contributed by atoms with Crippen LogP contribution < -0.4 is 0 Å². The molecule has 3 nitrogen and oxygen atoms in total. The summed E-state index contributed by atoms with van der Waals surface area (Å²) in [6, 6.07) is 0. The minimum Gasteiger partial charge on any atom is -0.453 e. The van der Waals surface area contributed by atoms with Crippen LogP contribution in [-0.2, 0) is 4.74 Å². The number of piperidine rings is 1. The van der Waals surface area contributed by atoms with Gasteiger partial charge < -0.3 is 9.64 Å². The Bertz CT molecular complexity index is 211. The van der Waals surface area contributed by atoms with E-state index in [0.717, 1.165) is 13.1 Å². The summed E-state index contributed by atoms with van der Waals surface area (Å²) in [4.78, 5) is 13.1. The Morgan fingerprint density at radius 3 is 2.21 bits per heavy atom. The molecule has 0 aromatic carbocycles. The van der Waals surface area contributed by atoms with E-state index in [4.69, 9.17) is 4.74 Å². The highest BCUT2D eigenvalue weighted by Crippen LogP contribution is 2.46. The molecule has 3 heteroatoms. The van der Waals surface area contributed by atoms with E-state index in [-0.39, 0.29) is 6.09 Å². The average Bonchev–Trinajstić information content (AvgIpc) is 2.67. The molecule has 0 bridgehead atoms. The summed E-state index contributed by atoms with van der Waals surface area (Å²) in [5.41, 5.74) is 0.588. The lowest BCUT2D eigenvalue weighted by Gasteiger charge is -2.38. The second-order valence-electron chi connectivity index (χ2n) is 4.66. The molecule has 2 aliphatic rings. The molecule has 1 amide bonds. The molecular weight excluding hydrogens is 178 g/mol. The largest absolute Gasteiger partial charge is 0.453 e. The fraction of sp³-hybridized carbons (Fsp3) is 0.909. The first kappa shape index (κ1) is 9.81. The maximum atomic E-state index is 11.3. The molecule has 0 unspecified atom stereocenters. The molecule has 1 saturated carbocycles. The molecule has 1 saturated heterocycles. The summed E-state index contributed by atoms with van der Waals surface area (Å²) in [6.45, 7) is 1.79. The minimum absolute atomic E-state index is 0.155. The standard InChI is InChI=1S/C11H19NO2/c1-14-10(13)12-8-6-11(7-9-12)4-2-3-5-11/h2-9H2,1H3. The van der Waals surface area contributed by atoms with Crippen LogP contribution >= 0.6 is 0 Å². The Balaban J connectivity index is 1.88. The van der Waals surface area contributed by atoms with Gasteiger partial charge in [0.05, 0.1) is 7.11 Å². The van der Waals surface area contributed by atoms with Crippen molar-refractivity contribution >= 4 is 6.09 Å². The summed E-state index contributed by atoms with van der Waals surface area (Å²) in [6.07, 6.45) is 7.74. The number of methoxy groups -OCH3 is 1. The van der Waals surface area contributed by atoms with E-state index in [2.05, 4.69) is 0 Å². The van der Waals surface area contributed by atoms with Gasteiger partial charge in [0, 0.05) is 13.1 Å². The van der Waals surface area contributed by atoms with Crippen LogP contribution in [0.4, 0.5) is 4.79 Å². The van der Waals surface area contributed by atoms with E-state index < -0.39 is 0 Å². The van der Waals surface area contributed by atoms with E-state index in [0.29, 0.717) is 5.41 Å². The number of carbonyl (C=O) groups excluding carboxylic acids is 1. The third-order valence-corrected chi connectivity index (χ3v) is 3.92. The quantitative estimate of drug-likeness (QED) is 0.597. The summed E-state index contributed by atoms with van der Waals surface area (Å²) >= 11 is 0. The first-order valence-corrected chi connectivity index (χ1v) is 5.59. The molecule has 0 aromatic rings. The molecule has 2 rings (SSSR count). The summed E-state index contributed by atoms with van der Waals surface area (Å²) in [7, 11) is 1.46. The molecular formula is C11H19NO2. The predicted octanol–water partition coefficient (Wildman–Crippen LogP) is 2.41. The van der Waals surface area contributed by atoms with Gasteiger partial charge in [0.2, 0.25) is 0 Å². The zero-order valence-electron chi connectivity index (χ0n) is 8.92. The number of likely N-dealkylation sites (tertiary alicyclic amines) is 1. The fourth-order valence-corrected chi connectivity index (χ4v) is 2.92. The zero-order valence-corrected chi connectivity index (χ0v) is 8.92. The highest BCUT2D eigenvalue weighted by Gasteiger charge is 2.38. The second-order valence-corrected chi connectivity index (χ2v) is 4.66. The molecule has 2 fully saturated rings. The van der Waals surface area contributed by atoms with Gasteiger partial charge in [-0.2, -0.15) is 0 Å². The Hall–Kier alpha value is -0.730. The zero-order chi connectivity index (χ0) is 10.0. The van der Waals surface area contributed by atoms with Crippen molar-refractivity contribution in [1.82, 2.24) is 4.90 Å². The van der Waals surface area contributed by atoms with Crippen LogP contribution in [0.3, 0.4) is 0 Å². The molecule has 80 valence electrons. The Kier molecular flexibility index (Phi) is 2.66. The number of amides is 1. The Morgan fingerprint density at radius 1 is 1.14 bits per heavy atom. The van der Waals surface area contributed by atoms with Crippen molar-refractivity contribution in [3.8, 4) is 0 Å². The van der Waals surface area contributed by atoms with Crippen molar-refractivity contribution in [3.63, 3.8) is 0 Å². The lowest BCUT2D eigenvalue weighted by Crippen LogP contribution is -2.42. The number of rotatable bonds is 0. The van der Waals surface area contributed by atoms with Crippen molar-refractivity contribution in [2.75, 3.05) is 20.2 Å². The van der Waals surface area contributed by atoms with Crippen LogP contribution in [0.2, 0.25) is 0 Å². The first-order valence-electron chi connectivity index (χ1n) is 5.59. The Morgan fingerprint density at radius 2 is 1.71 bits per heavy atom. The van der Waals surface area contributed by atoms with Gasteiger partial charge in [-0.05, 0) is 31.1 Å². The molecule has 0 N–H and O–H groups in total. The summed E-state index contributed by atoms with van der Waals surface area (Å²) in [5.74, 6) is 0. The molecule has 1 aliphatic heterocycles. The number of nitrogens with zero attached hydrogens (tertiary/aromatic N) is 1. The SMILES string of the molecule is COC(=O)N1CCC2(CCCC2)CC1. The van der Waals surface area contributed by atoms with Crippen LogP contribution in [0.25, 0.3) is 0 Å². The third kappa shape index (κ3) is 1.72. The fourth-order valence-electron chi connectivity index (χ4n) is 2.92. The molecule has 14 heavy (non-hydrogen) atoms. The van der Waals surface area contributed by atoms with Gasteiger partial charge in [-0.15, -0.1) is 0 Å². The van der Waals surface area contributed by atoms with Crippen molar-refractivity contribution in [2.45, 2.75) is 38.5 Å². The first-order chi connectivity index (χ1) is 6.76. The van der Waals surface area contributed by atoms with E-state index in [1.807, 2.05) is 4.90 Å². The summed E-state index contributed by atoms with van der Waals surface area (Å²) in [5, 5.41) is 0. The summed E-state index contributed by atoms with van der Waals surface area (Å²) < 4.78 is 4.73. The van der Waals surface area contributed by atoms with Gasteiger partial charge in [-0.25, -0.2) is 4.79 Å². The van der Waals surface area contributed by atoms with Gasteiger partial charge in [-0.1, -0.05) is 12.8 Å². The van der Waals surface area contributed by atoms with Crippen LogP contribution in [0.15, 0.2) is 0 Å². The maximum absolute atomic E-state index is 11.3. The van der Waals surface area contributed by atoms with Gasteiger partial charge in [0.15, 0.2) is 0 Å². The van der Waals surface area contributed by atoms with Crippen molar-refractivity contribution in [2.24, 2.45) is 5.41 Å². The van der Waals surface area contributed by atoms with Crippen LogP contribution in [0.1, 0.15) is 38.5 Å². The number of ether oxygens (including phenoxy) is 1. The van der Waals surface area contributed by atoms with Crippen molar-refractivity contribution in [1.29, 1.82) is 0 Å². The molecule has 0 atom stereocenters. The average molecular weight is 197 g/mol. The third-order valence-electron chi connectivity index (χ3n) is 3.92. The van der Waals surface area contributed by atoms with Crippen LogP contribution in [-0.4, -0.2) is 31.2 Å². The molecule has 1 heterocycles. The van der Waals surface area contributed by atoms with Crippen LogP contribution in [0, 0.1) is 5.41 Å². The second kappa shape index (κ2) is 3.79. The maximum Gasteiger partial charge on any atom is 0.409 e. The molecule has 0 aromatic heterocycles. The van der Waals surface area contributed by atoms with Gasteiger partial charge >= 0.3 is 6.09 Å². The van der Waals surface area contributed by atoms with Gasteiger partial charge in [-0.3, -0.25) is 0 Å².